The molecule has 0 spiro atoms. The average Bonchev–Trinajstić information content (AvgIpc) is 3.09. The zero-order valence-corrected chi connectivity index (χ0v) is 17.7. The maximum absolute atomic E-state index is 12.9. The quantitative estimate of drug-likeness (QED) is 0.667. The van der Waals surface area contributed by atoms with Gasteiger partial charge in [-0.05, 0) is 57.0 Å². The van der Waals surface area contributed by atoms with E-state index in [1.807, 2.05) is 43.1 Å². The first-order valence-corrected chi connectivity index (χ1v) is 10.6. The fourth-order valence-corrected chi connectivity index (χ4v) is 4.37. The van der Waals surface area contributed by atoms with Crippen molar-refractivity contribution in [1.82, 2.24) is 19.4 Å². The van der Waals surface area contributed by atoms with Crippen LogP contribution < -0.4 is 0 Å². The molecule has 4 rings (SSSR count). The summed E-state index contributed by atoms with van der Waals surface area (Å²) in [7, 11) is 0. The third kappa shape index (κ3) is 4.20. The van der Waals surface area contributed by atoms with Gasteiger partial charge in [0, 0.05) is 62.6 Å². The topological polar surface area (TPSA) is 41.4 Å². The molecule has 1 aromatic carbocycles. The molecule has 152 valence electrons. The van der Waals surface area contributed by atoms with Crippen molar-refractivity contribution in [3.8, 4) is 0 Å². The summed E-state index contributed by atoms with van der Waals surface area (Å²) in [5.74, 6) is 0.161. The van der Waals surface area contributed by atoms with Crippen LogP contribution in [0.2, 0.25) is 0 Å². The Morgan fingerprint density at radius 3 is 2.48 bits per heavy atom. The Bertz CT molecular complexity index is 995. The molecule has 3 aromatic rings. The fraction of sp³-hybridized carbons (Fsp3) is 0.417. The minimum atomic E-state index is 0.161. The van der Waals surface area contributed by atoms with Gasteiger partial charge in [-0.15, -0.1) is 0 Å². The molecule has 0 aliphatic carbocycles. The van der Waals surface area contributed by atoms with Crippen LogP contribution >= 0.6 is 0 Å². The third-order valence-electron chi connectivity index (χ3n) is 5.88. The molecule has 1 amide bonds. The van der Waals surface area contributed by atoms with Gasteiger partial charge in [0.25, 0.3) is 5.91 Å². The van der Waals surface area contributed by atoms with Crippen molar-refractivity contribution in [1.29, 1.82) is 0 Å². The van der Waals surface area contributed by atoms with Crippen LogP contribution in [0.4, 0.5) is 0 Å². The van der Waals surface area contributed by atoms with E-state index in [2.05, 4.69) is 39.7 Å². The van der Waals surface area contributed by atoms with Gasteiger partial charge in [0.15, 0.2) is 0 Å². The predicted molar refractivity (Wildman–Crippen MR) is 117 cm³/mol. The van der Waals surface area contributed by atoms with E-state index in [-0.39, 0.29) is 5.91 Å². The van der Waals surface area contributed by atoms with E-state index in [9.17, 15) is 4.79 Å². The van der Waals surface area contributed by atoms with Gasteiger partial charge in [-0.25, -0.2) is 4.98 Å². The fourth-order valence-electron chi connectivity index (χ4n) is 4.37. The first-order chi connectivity index (χ1) is 14.0. The summed E-state index contributed by atoms with van der Waals surface area (Å²) in [6, 6.07) is 10.3. The Labute approximate surface area is 172 Å². The SMILES string of the molecule is CCn1cc(CCN2CCN(C(=O)c3cc(C)cc(C)c3)CC2)c2cccnc21. The molecule has 5 heteroatoms. The number of benzene rings is 1. The lowest BCUT2D eigenvalue weighted by Gasteiger charge is -2.34. The van der Waals surface area contributed by atoms with E-state index < -0.39 is 0 Å². The molecule has 29 heavy (non-hydrogen) atoms. The first kappa shape index (κ1) is 19.6. The van der Waals surface area contributed by atoms with E-state index in [1.54, 1.807) is 0 Å². The van der Waals surface area contributed by atoms with Crippen molar-refractivity contribution in [2.24, 2.45) is 0 Å². The second-order valence-corrected chi connectivity index (χ2v) is 8.08. The van der Waals surface area contributed by atoms with Crippen molar-refractivity contribution in [2.45, 2.75) is 33.7 Å². The molecule has 1 aliphatic rings. The van der Waals surface area contributed by atoms with E-state index in [1.165, 1.54) is 10.9 Å². The lowest BCUT2D eigenvalue weighted by molar-refractivity contribution is 0.0638. The normalized spacial score (nSPS) is 15.2. The van der Waals surface area contributed by atoms with Gasteiger partial charge in [0.2, 0.25) is 0 Å². The average molecular weight is 391 g/mol. The number of piperazine rings is 1. The first-order valence-electron chi connectivity index (χ1n) is 10.6. The molecule has 1 aliphatic heterocycles. The molecule has 1 fully saturated rings. The number of aromatic nitrogens is 2. The summed E-state index contributed by atoms with van der Waals surface area (Å²) < 4.78 is 2.23. The number of hydrogen-bond donors (Lipinski definition) is 0. The van der Waals surface area contributed by atoms with Gasteiger partial charge in [0.1, 0.15) is 5.65 Å². The Kier molecular flexibility index (Phi) is 5.67. The Hall–Kier alpha value is -2.66. The Morgan fingerprint density at radius 1 is 1.07 bits per heavy atom. The number of carbonyl (C=O) groups excluding carboxylic acids is 1. The van der Waals surface area contributed by atoms with Crippen molar-refractivity contribution in [3.05, 3.63) is 65.0 Å². The zero-order chi connectivity index (χ0) is 20.4. The minimum Gasteiger partial charge on any atom is -0.336 e. The second-order valence-electron chi connectivity index (χ2n) is 8.08. The molecule has 0 saturated carbocycles. The molecule has 1 saturated heterocycles. The molecule has 0 bridgehead atoms. The number of hydrogen-bond acceptors (Lipinski definition) is 3. The van der Waals surface area contributed by atoms with Gasteiger partial charge < -0.3 is 9.47 Å². The number of fused-ring (bicyclic) bond motifs is 1. The zero-order valence-electron chi connectivity index (χ0n) is 17.7. The molecule has 0 atom stereocenters. The molecule has 0 radical (unpaired) electrons. The molecule has 0 unspecified atom stereocenters. The van der Waals surface area contributed by atoms with Crippen molar-refractivity contribution < 1.29 is 4.79 Å². The van der Waals surface area contributed by atoms with Crippen LogP contribution in [0, 0.1) is 13.8 Å². The number of pyridine rings is 1. The summed E-state index contributed by atoms with van der Waals surface area (Å²) in [5.41, 5.74) is 5.55. The van der Waals surface area contributed by atoms with Crippen LogP contribution in [-0.4, -0.2) is 58.0 Å². The second kappa shape index (κ2) is 8.37. The van der Waals surface area contributed by atoms with Gasteiger partial charge in [-0.2, -0.15) is 0 Å². The predicted octanol–water partition coefficient (Wildman–Crippen LogP) is 3.67. The van der Waals surface area contributed by atoms with Crippen LogP contribution in [0.25, 0.3) is 11.0 Å². The smallest absolute Gasteiger partial charge is 0.253 e. The van der Waals surface area contributed by atoms with Crippen molar-refractivity contribution >= 4 is 16.9 Å². The highest BCUT2D eigenvalue weighted by molar-refractivity contribution is 5.94. The van der Waals surface area contributed by atoms with Crippen molar-refractivity contribution in [2.75, 3.05) is 32.7 Å². The highest BCUT2D eigenvalue weighted by atomic mass is 16.2. The largest absolute Gasteiger partial charge is 0.336 e. The van der Waals surface area contributed by atoms with Gasteiger partial charge >= 0.3 is 0 Å². The monoisotopic (exact) mass is 390 g/mol. The molecule has 0 N–H and O–H groups in total. The lowest BCUT2D eigenvalue weighted by Crippen LogP contribution is -2.49. The van der Waals surface area contributed by atoms with E-state index in [0.29, 0.717) is 0 Å². The summed E-state index contributed by atoms with van der Waals surface area (Å²) >= 11 is 0. The number of amides is 1. The summed E-state index contributed by atoms with van der Waals surface area (Å²) in [5, 5.41) is 1.26. The molecule has 5 nitrogen and oxygen atoms in total. The number of aryl methyl sites for hydroxylation is 3. The van der Waals surface area contributed by atoms with Crippen LogP contribution in [0.15, 0.2) is 42.7 Å². The number of rotatable bonds is 5. The number of carbonyl (C=O) groups is 1. The van der Waals surface area contributed by atoms with Gasteiger partial charge in [0.05, 0.1) is 0 Å². The van der Waals surface area contributed by atoms with E-state index in [4.69, 9.17) is 0 Å². The van der Waals surface area contributed by atoms with Crippen molar-refractivity contribution in [3.63, 3.8) is 0 Å². The van der Waals surface area contributed by atoms with E-state index in [0.717, 1.165) is 68.0 Å². The highest BCUT2D eigenvalue weighted by Gasteiger charge is 2.22. The summed E-state index contributed by atoms with van der Waals surface area (Å²) in [6.45, 7) is 11.7. The maximum Gasteiger partial charge on any atom is 0.253 e. The Balaban J connectivity index is 1.35. The number of nitrogens with zero attached hydrogens (tertiary/aromatic N) is 4. The maximum atomic E-state index is 12.9. The molecule has 2 aromatic heterocycles. The lowest BCUT2D eigenvalue weighted by atomic mass is 10.1. The molecular formula is C24H30N4O. The highest BCUT2D eigenvalue weighted by Crippen LogP contribution is 2.20. The summed E-state index contributed by atoms with van der Waals surface area (Å²) in [6.07, 6.45) is 5.13. The van der Waals surface area contributed by atoms with Crippen LogP contribution in [0.5, 0.6) is 0 Å². The Morgan fingerprint density at radius 2 is 1.79 bits per heavy atom. The summed E-state index contributed by atoms with van der Waals surface area (Å²) in [4.78, 5) is 21.9. The molecular weight excluding hydrogens is 360 g/mol. The van der Waals surface area contributed by atoms with Crippen LogP contribution in [0.3, 0.4) is 0 Å². The van der Waals surface area contributed by atoms with Crippen LogP contribution in [0.1, 0.15) is 34.0 Å². The van der Waals surface area contributed by atoms with Gasteiger partial charge in [-0.1, -0.05) is 17.2 Å². The van der Waals surface area contributed by atoms with Gasteiger partial charge in [-0.3, -0.25) is 9.69 Å². The third-order valence-corrected chi connectivity index (χ3v) is 5.88. The van der Waals surface area contributed by atoms with Crippen LogP contribution in [-0.2, 0) is 13.0 Å². The minimum absolute atomic E-state index is 0.161. The van der Waals surface area contributed by atoms with E-state index >= 15 is 0 Å². The molecule has 3 heterocycles. The standard InChI is InChI=1S/C24H30N4O/c1-4-27-17-20(22-6-5-8-25-23(22)27)7-9-26-10-12-28(13-11-26)24(29)21-15-18(2)14-19(3)16-21/h5-6,8,14-17H,4,7,9-13H2,1-3H3.